The van der Waals surface area contributed by atoms with Crippen molar-refractivity contribution in [3.63, 3.8) is 0 Å². The Morgan fingerprint density at radius 3 is 2.25 bits per heavy atom. The Bertz CT molecular complexity index is 984. The van der Waals surface area contributed by atoms with Crippen LogP contribution in [0.5, 0.6) is 0 Å². The Labute approximate surface area is 184 Å². The van der Waals surface area contributed by atoms with Gasteiger partial charge in [0.15, 0.2) is 0 Å². The Morgan fingerprint density at radius 2 is 1.72 bits per heavy atom. The second-order valence-corrected chi connectivity index (χ2v) is 9.42. The first kappa shape index (κ1) is 24.1. The number of carbonyl (C=O) groups excluding carboxylic acids is 1. The summed E-state index contributed by atoms with van der Waals surface area (Å²) in [6.07, 6.45) is -0.203. The molecule has 1 fully saturated rings. The Balaban J connectivity index is 1.92. The molecule has 0 spiro atoms. The number of carbonyl (C=O) groups is 2. The number of rotatable bonds is 9. The van der Waals surface area contributed by atoms with Crippen LogP contribution < -0.4 is 0 Å². The summed E-state index contributed by atoms with van der Waals surface area (Å²) in [7, 11) is -4.21. The maximum atomic E-state index is 13.4. The molecule has 3 rings (SSSR count). The van der Waals surface area contributed by atoms with E-state index in [1.807, 2.05) is 0 Å². The molecule has 3 N–H and O–H groups in total. The number of benzene rings is 2. The highest BCUT2D eigenvalue weighted by Crippen LogP contribution is 2.39. The molecular formula is C22H25FNO7P. The lowest BCUT2D eigenvalue weighted by atomic mass is 9.99. The summed E-state index contributed by atoms with van der Waals surface area (Å²) >= 11 is 0. The van der Waals surface area contributed by atoms with Gasteiger partial charge in [-0.15, -0.1) is 0 Å². The van der Waals surface area contributed by atoms with Gasteiger partial charge in [0, 0.05) is 13.2 Å². The topological polar surface area (TPSA) is 124 Å². The average Bonchev–Trinajstić information content (AvgIpc) is 3.26. The highest BCUT2D eigenvalue weighted by Gasteiger charge is 2.34. The lowest BCUT2D eigenvalue weighted by molar-refractivity contribution is -0.147. The highest BCUT2D eigenvalue weighted by atomic mass is 31.2. The van der Waals surface area contributed by atoms with E-state index in [1.165, 1.54) is 29.2 Å². The van der Waals surface area contributed by atoms with Gasteiger partial charge in [0.1, 0.15) is 11.9 Å². The van der Waals surface area contributed by atoms with Gasteiger partial charge in [-0.25, -0.2) is 4.39 Å². The molecule has 2 atom stereocenters. The van der Waals surface area contributed by atoms with Gasteiger partial charge in [0.05, 0.1) is 18.6 Å². The van der Waals surface area contributed by atoms with Crippen molar-refractivity contribution in [1.82, 2.24) is 4.90 Å². The molecule has 0 aliphatic carbocycles. The third-order valence-corrected chi connectivity index (χ3v) is 6.03. The molecule has 2 unspecified atom stereocenters. The van der Waals surface area contributed by atoms with Gasteiger partial charge in [0.25, 0.3) is 5.91 Å². The van der Waals surface area contributed by atoms with Crippen molar-refractivity contribution in [3.05, 3.63) is 71.0 Å². The quantitative estimate of drug-likeness (QED) is 0.486. The van der Waals surface area contributed by atoms with Gasteiger partial charge < -0.3 is 24.5 Å². The van der Waals surface area contributed by atoms with Crippen LogP contribution in [0.3, 0.4) is 0 Å². The molecule has 1 aliphatic rings. The number of halogens is 1. The van der Waals surface area contributed by atoms with Crippen LogP contribution in [0.2, 0.25) is 0 Å². The molecule has 2 aromatic carbocycles. The van der Waals surface area contributed by atoms with Gasteiger partial charge >= 0.3 is 13.6 Å². The molecule has 0 radical (unpaired) electrons. The third kappa shape index (κ3) is 6.71. The second kappa shape index (κ2) is 10.4. The van der Waals surface area contributed by atoms with E-state index in [9.17, 15) is 23.7 Å². The van der Waals surface area contributed by atoms with E-state index in [2.05, 4.69) is 0 Å². The summed E-state index contributed by atoms with van der Waals surface area (Å²) in [4.78, 5) is 44.6. The first-order valence-electron chi connectivity index (χ1n) is 10.1. The monoisotopic (exact) mass is 465 g/mol. The van der Waals surface area contributed by atoms with Crippen LogP contribution in [-0.4, -0.2) is 44.4 Å². The summed E-state index contributed by atoms with van der Waals surface area (Å²) in [6.45, 7) is 0.506. The minimum atomic E-state index is -4.21. The van der Waals surface area contributed by atoms with Gasteiger partial charge in [-0.1, -0.05) is 36.4 Å². The standard InChI is InChI=1S/C22H25FNO7P/c23-18-9-7-17(8-10-18)19(12-21(25)26)24(22(27)20-2-1-11-31-20)13-15-3-5-16(6-4-15)14-32(28,29)30/h3-10,19-20H,1-2,11-14H2,(H,25,26)(H2,28,29,30). The number of ether oxygens (including phenoxy) is 1. The third-order valence-electron chi connectivity index (χ3n) is 5.25. The number of nitrogens with zero attached hydrogens (tertiary/aromatic N) is 1. The fourth-order valence-electron chi connectivity index (χ4n) is 3.74. The van der Waals surface area contributed by atoms with Crippen LogP contribution in [0.25, 0.3) is 0 Å². The maximum absolute atomic E-state index is 13.4. The molecule has 8 nitrogen and oxygen atoms in total. The number of carboxylic acids is 1. The van der Waals surface area contributed by atoms with Gasteiger partial charge in [-0.05, 0) is 41.7 Å². The Kier molecular flexibility index (Phi) is 7.79. The number of hydrogen-bond acceptors (Lipinski definition) is 4. The molecule has 1 amide bonds. The van der Waals surface area contributed by atoms with Gasteiger partial charge in [-0.3, -0.25) is 14.2 Å². The molecule has 10 heteroatoms. The summed E-state index contributed by atoms with van der Waals surface area (Å²) in [5, 5.41) is 9.49. The molecule has 172 valence electrons. The molecule has 0 aromatic heterocycles. The van der Waals surface area contributed by atoms with Crippen molar-refractivity contribution in [2.24, 2.45) is 0 Å². The van der Waals surface area contributed by atoms with Crippen molar-refractivity contribution in [1.29, 1.82) is 0 Å². The lowest BCUT2D eigenvalue weighted by Gasteiger charge is -2.33. The van der Waals surface area contributed by atoms with Crippen LogP contribution in [0.1, 0.15) is 42.0 Å². The first-order valence-corrected chi connectivity index (χ1v) is 11.9. The van der Waals surface area contributed by atoms with E-state index in [-0.39, 0.29) is 18.9 Å². The molecule has 32 heavy (non-hydrogen) atoms. The zero-order valence-electron chi connectivity index (χ0n) is 17.3. The van der Waals surface area contributed by atoms with E-state index in [0.29, 0.717) is 29.7 Å². The number of amides is 1. The molecule has 1 aliphatic heterocycles. The van der Waals surface area contributed by atoms with Crippen LogP contribution >= 0.6 is 7.60 Å². The second-order valence-electron chi connectivity index (χ2n) is 7.77. The largest absolute Gasteiger partial charge is 0.481 e. The molecular weight excluding hydrogens is 440 g/mol. The Hall–Kier alpha value is -2.58. The van der Waals surface area contributed by atoms with Gasteiger partial charge in [0.2, 0.25) is 0 Å². The van der Waals surface area contributed by atoms with Crippen LogP contribution in [-0.2, 0) is 31.6 Å². The van der Waals surface area contributed by atoms with E-state index in [1.54, 1.807) is 24.3 Å². The molecule has 1 saturated heterocycles. The summed E-state index contributed by atoms with van der Waals surface area (Å²) in [5.74, 6) is -1.93. The fraction of sp³-hybridized carbons (Fsp3) is 0.364. The Morgan fingerprint density at radius 1 is 1.09 bits per heavy atom. The number of carboxylic acid groups (broad SMARTS) is 1. The zero-order chi connectivity index (χ0) is 23.3. The van der Waals surface area contributed by atoms with Crippen molar-refractivity contribution >= 4 is 19.5 Å². The molecule has 0 saturated carbocycles. The van der Waals surface area contributed by atoms with Crippen LogP contribution in [0.4, 0.5) is 4.39 Å². The van der Waals surface area contributed by atoms with E-state index in [4.69, 9.17) is 14.5 Å². The number of aliphatic carboxylic acids is 1. The van der Waals surface area contributed by atoms with Crippen molar-refractivity contribution < 1.29 is 38.2 Å². The van der Waals surface area contributed by atoms with Crippen LogP contribution in [0.15, 0.2) is 48.5 Å². The zero-order valence-corrected chi connectivity index (χ0v) is 18.2. The normalized spacial score (nSPS) is 17.2. The molecule has 1 heterocycles. The predicted molar refractivity (Wildman–Crippen MR) is 113 cm³/mol. The molecule has 2 aromatic rings. The lowest BCUT2D eigenvalue weighted by Crippen LogP contribution is -2.41. The number of hydrogen-bond donors (Lipinski definition) is 3. The minimum Gasteiger partial charge on any atom is -0.481 e. The first-order chi connectivity index (χ1) is 15.1. The fourth-order valence-corrected chi connectivity index (χ4v) is 4.43. The van der Waals surface area contributed by atoms with E-state index < -0.39 is 37.7 Å². The van der Waals surface area contributed by atoms with E-state index in [0.717, 1.165) is 6.42 Å². The highest BCUT2D eigenvalue weighted by molar-refractivity contribution is 7.50. The summed E-state index contributed by atoms with van der Waals surface area (Å²) in [6, 6.07) is 10.9. The summed E-state index contributed by atoms with van der Waals surface area (Å²) < 4.78 is 30.2. The van der Waals surface area contributed by atoms with Crippen molar-refractivity contribution in [2.75, 3.05) is 6.61 Å². The SMILES string of the molecule is O=C(O)CC(c1ccc(F)cc1)N(Cc1ccc(CP(=O)(O)O)cc1)C(=O)C1CCCO1. The van der Waals surface area contributed by atoms with Gasteiger partial charge in [-0.2, -0.15) is 0 Å². The van der Waals surface area contributed by atoms with Crippen molar-refractivity contribution in [3.8, 4) is 0 Å². The summed E-state index contributed by atoms with van der Waals surface area (Å²) in [5.41, 5.74) is 1.58. The minimum absolute atomic E-state index is 0.0597. The smallest absolute Gasteiger partial charge is 0.329 e. The molecule has 0 bridgehead atoms. The van der Waals surface area contributed by atoms with Crippen molar-refractivity contribution in [2.45, 2.75) is 44.1 Å². The average molecular weight is 465 g/mol. The maximum Gasteiger partial charge on any atom is 0.329 e. The van der Waals surface area contributed by atoms with E-state index >= 15 is 0 Å². The van der Waals surface area contributed by atoms with Crippen LogP contribution in [0, 0.1) is 5.82 Å². The predicted octanol–water partition coefficient (Wildman–Crippen LogP) is 3.23.